The fourth-order valence-corrected chi connectivity index (χ4v) is 2.17. The molecule has 26 heavy (non-hydrogen) atoms. The summed E-state index contributed by atoms with van der Waals surface area (Å²) in [5.41, 5.74) is 1.52. The minimum absolute atomic E-state index is 0.0310. The van der Waals surface area contributed by atoms with E-state index in [4.69, 9.17) is 4.74 Å². The van der Waals surface area contributed by atoms with Crippen LogP contribution in [0.15, 0.2) is 54.6 Å². The molecule has 3 aromatic rings. The Morgan fingerprint density at radius 3 is 2.46 bits per heavy atom. The Labute approximate surface area is 148 Å². The number of benzene rings is 2. The first-order chi connectivity index (χ1) is 12.5. The third-order valence-electron chi connectivity index (χ3n) is 3.42. The number of aryl methyl sites for hydroxylation is 1. The lowest BCUT2D eigenvalue weighted by Crippen LogP contribution is -2.21. The number of halogens is 1. The molecule has 0 fully saturated rings. The van der Waals surface area contributed by atoms with Gasteiger partial charge in [0.05, 0.1) is 11.4 Å². The lowest BCUT2D eigenvalue weighted by molar-refractivity contribution is -0.119. The first-order valence-electron chi connectivity index (χ1n) is 7.75. The maximum Gasteiger partial charge on any atom is 0.361 e. The number of hydrogen-bond acceptors (Lipinski definition) is 5. The van der Waals surface area contributed by atoms with E-state index >= 15 is 0 Å². The van der Waals surface area contributed by atoms with Crippen molar-refractivity contribution in [3.63, 3.8) is 0 Å². The van der Waals surface area contributed by atoms with Crippen molar-refractivity contribution < 1.29 is 18.7 Å². The molecule has 1 N–H and O–H groups in total. The Morgan fingerprint density at radius 1 is 1.08 bits per heavy atom. The number of carbonyl (C=O) groups excluding carboxylic acids is 2. The molecule has 0 aliphatic carbocycles. The van der Waals surface area contributed by atoms with E-state index in [9.17, 15) is 14.0 Å². The van der Waals surface area contributed by atoms with E-state index in [2.05, 4.69) is 15.5 Å². The summed E-state index contributed by atoms with van der Waals surface area (Å²) in [7, 11) is 0. The molecule has 0 unspecified atom stereocenters. The second kappa shape index (κ2) is 7.56. The molecule has 8 heteroatoms. The van der Waals surface area contributed by atoms with Crippen LogP contribution in [0.3, 0.4) is 0 Å². The average molecular weight is 354 g/mol. The van der Waals surface area contributed by atoms with Crippen LogP contribution < -0.4 is 5.32 Å². The van der Waals surface area contributed by atoms with Crippen LogP contribution >= 0.6 is 0 Å². The van der Waals surface area contributed by atoms with Gasteiger partial charge in [-0.05, 0) is 43.3 Å². The molecular weight excluding hydrogens is 339 g/mol. The van der Waals surface area contributed by atoms with Crippen LogP contribution in [0.1, 0.15) is 16.2 Å². The lowest BCUT2D eigenvalue weighted by Gasteiger charge is -2.05. The van der Waals surface area contributed by atoms with E-state index in [1.165, 1.54) is 29.1 Å². The first kappa shape index (κ1) is 17.3. The smallest absolute Gasteiger partial charge is 0.361 e. The normalized spacial score (nSPS) is 10.4. The molecule has 0 aliphatic rings. The number of rotatable bonds is 5. The van der Waals surface area contributed by atoms with Gasteiger partial charge >= 0.3 is 5.97 Å². The fraction of sp³-hybridized carbons (Fsp3) is 0.111. The second-order valence-electron chi connectivity index (χ2n) is 5.39. The zero-order valence-corrected chi connectivity index (χ0v) is 13.8. The van der Waals surface area contributed by atoms with Gasteiger partial charge in [-0.25, -0.2) is 9.18 Å². The van der Waals surface area contributed by atoms with Crippen molar-refractivity contribution in [2.24, 2.45) is 0 Å². The van der Waals surface area contributed by atoms with Gasteiger partial charge in [-0.3, -0.25) is 4.79 Å². The summed E-state index contributed by atoms with van der Waals surface area (Å²) in [6.45, 7) is 1.13. The highest BCUT2D eigenvalue weighted by Crippen LogP contribution is 2.10. The summed E-state index contributed by atoms with van der Waals surface area (Å²) >= 11 is 0. The molecule has 1 amide bonds. The van der Waals surface area contributed by atoms with Crippen LogP contribution in [0.4, 0.5) is 10.1 Å². The third kappa shape index (κ3) is 4.10. The van der Waals surface area contributed by atoms with E-state index in [1.54, 1.807) is 19.1 Å². The van der Waals surface area contributed by atoms with Crippen molar-refractivity contribution in [3.05, 3.63) is 71.8 Å². The highest BCUT2D eigenvalue weighted by molar-refractivity contribution is 5.95. The van der Waals surface area contributed by atoms with E-state index in [0.717, 1.165) is 0 Å². The monoisotopic (exact) mass is 354 g/mol. The number of para-hydroxylation sites is 1. The van der Waals surface area contributed by atoms with Gasteiger partial charge in [-0.2, -0.15) is 9.90 Å². The van der Waals surface area contributed by atoms with E-state index in [0.29, 0.717) is 17.1 Å². The maximum absolute atomic E-state index is 12.8. The van der Waals surface area contributed by atoms with Crippen LogP contribution in [0.2, 0.25) is 0 Å². The number of hydrogen-bond donors (Lipinski definition) is 1. The molecular formula is C18H15FN4O3. The highest BCUT2D eigenvalue weighted by Gasteiger charge is 2.19. The Morgan fingerprint density at radius 2 is 1.77 bits per heavy atom. The Kier molecular flexibility index (Phi) is 5.02. The lowest BCUT2D eigenvalue weighted by atomic mass is 10.3. The van der Waals surface area contributed by atoms with Crippen molar-refractivity contribution in [1.82, 2.24) is 15.0 Å². The number of anilines is 1. The number of nitrogens with zero attached hydrogens (tertiary/aromatic N) is 3. The van der Waals surface area contributed by atoms with Crippen molar-refractivity contribution in [3.8, 4) is 5.69 Å². The van der Waals surface area contributed by atoms with Crippen molar-refractivity contribution in [2.45, 2.75) is 6.92 Å². The predicted molar refractivity (Wildman–Crippen MR) is 91.4 cm³/mol. The third-order valence-corrected chi connectivity index (χ3v) is 3.42. The highest BCUT2D eigenvalue weighted by atomic mass is 19.1. The Balaban J connectivity index is 1.60. The summed E-state index contributed by atoms with van der Waals surface area (Å²) in [5.74, 6) is -1.71. The van der Waals surface area contributed by atoms with Crippen molar-refractivity contribution in [1.29, 1.82) is 0 Å². The molecule has 132 valence electrons. The molecule has 1 aromatic heterocycles. The number of amides is 1. The van der Waals surface area contributed by atoms with Crippen molar-refractivity contribution >= 4 is 17.6 Å². The topological polar surface area (TPSA) is 86.1 Å². The van der Waals surface area contributed by atoms with Gasteiger partial charge in [0, 0.05) is 5.69 Å². The summed E-state index contributed by atoms with van der Waals surface area (Å²) in [4.78, 5) is 25.3. The molecule has 0 bridgehead atoms. The molecule has 3 rings (SSSR count). The predicted octanol–water partition coefficient (Wildman–Crippen LogP) is 2.51. The summed E-state index contributed by atoms with van der Waals surface area (Å²) in [5, 5.41) is 10.8. The number of carbonyl (C=O) groups is 2. The van der Waals surface area contributed by atoms with Crippen molar-refractivity contribution in [2.75, 3.05) is 11.9 Å². The minimum Gasteiger partial charge on any atom is -0.451 e. The molecule has 0 spiro atoms. The summed E-state index contributed by atoms with van der Waals surface area (Å²) in [6, 6.07) is 14.3. The van der Waals surface area contributed by atoms with Gasteiger partial charge in [0.1, 0.15) is 5.82 Å². The zero-order valence-electron chi connectivity index (χ0n) is 13.8. The van der Waals surface area contributed by atoms with Crippen LogP contribution in [-0.4, -0.2) is 33.5 Å². The standard InChI is InChI=1S/C18H15FN4O3/c1-12-17(22-23(21-12)15-5-3-2-4-6-15)18(25)26-11-16(24)20-14-9-7-13(19)8-10-14/h2-10H,11H2,1H3,(H,20,24). The van der Waals surface area contributed by atoms with Gasteiger partial charge in [0.25, 0.3) is 5.91 Å². The second-order valence-corrected chi connectivity index (χ2v) is 5.39. The Bertz CT molecular complexity index is 923. The van der Waals surface area contributed by atoms with E-state index < -0.39 is 24.3 Å². The summed E-state index contributed by atoms with van der Waals surface area (Å²) < 4.78 is 17.8. The molecule has 0 saturated carbocycles. The first-order valence-corrected chi connectivity index (χ1v) is 7.75. The molecule has 0 atom stereocenters. The molecule has 0 radical (unpaired) electrons. The van der Waals surface area contributed by atoms with Gasteiger partial charge in [0.2, 0.25) is 0 Å². The SMILES string of the molecule is Cc1nn(-c2ccccc2)nc1C(=O)OCC(=O)Nc1ccc(F)cc1. The zero-order chi connectivity index (χ0) is 18.5. The summed E-state index contributed by atoms with van der Waals surface area (Å²) in [6.07, 6.45) is 0. The quantitative estimate of drug-likeness (QED) is 0.712. The average Bonchev–Trinajstić information content (AvgIpc) is 3.04. The number of esters is 1. The molecule has 0 aliphatic heterocycles. The number of nitrogens with one attached hydrogen (secondary N) is 1. The van der Waals surface area contributed by atoms with E-state index in [-0.39, 0.29) is 5.69 Å². The molecule has 0 saturated heterocycles. The maximum atomic E-state index is 12.8. The number of ether oxygens (including phenoxy) is 1. The van der Waals surface area contributed by atoms with Crippen LogP contribution in [0.25, 0.3) is 5.69 Å². The largest absolute Gasteiger partial charge is 0.451 e. The Hall–Kier alpha value is -3.55. The number of aromatic nitrogens is 3. The van der Waals surface area contributed by atoms with Crippen LogP contribution in [0, 0.1) is 12.7 Å². The minimum atomic E-state index is -0.751. The van der Waals surface area contributed by atoms with Gasteiger partial charge in [0.15, 0.2) is 12.3 Å². The van der Waals surface area contributed by atoms with Gasteiger partial charge < -0.3 is 10.1 Å². The fourth-order valence-electron chi connectivity index (χ4n) is 2.17. The van der Waals surface area contributed by atoms with Gasteiger partial charge in [-0.15, -0.1) is 5.10 Å². The van der Waals surface area contributed by atoms with Crippen LogP contribution in [0.5, 0.6) is 0 Å². The molecule has 1 heterocycles. The van der Waals surface area contributed by atoms with E-state index in [1.807, 2.05) is 18.2 Å². The molecule has 7 nitrogen and oxygen atoms in total. The van der Waals surface area contributed by atoms with Crippen LogP contribution in [-0.2, 0) is 9.53 Å². The molecule has 2 aromatic carbocycles. The van der Waals surface area contributed by atoms with Gasteiger partial charge in [-0.1, -0.05) is 18.2 Å².